The summed E-state index contributed by atoms with van der Waals surface area (Å²) in [6.45, 7) is 9.89. The van der Waals surface area contributed by atoms with E-state index in [-0.39, 0.29) is 23.5 Å². The summed E-state index contributed by atoms with van der Waals surface area (Å²) in [4.78, 5) is 23.2. The Labute approximate surface area is 145 Å². The lowest BCUT2D eigenvalue weighted by atomic mass is 9.93. The number of aromatic nitrogens is 4. The van der Waals surface area contributed by atoms with Crippen LogP contribution in [-0.4, -0.2) is 50.3 Å². The molecule has 0 spiro atoms. The van der Waals surface area contributed by atoms with Crippen molar-refractivity contribution in [3.8, 4) is 0 Å². The van der Waals surface area contributed by atoms with Crippen LogP contribution in [0, 0.1) is 0 Å². The number of carbonyl (C=O) groups excluding carboxylic acids is 1. The number of ether oxygens (including phenoxy) is 1. The molecule has 1 aliphatic heterocycles. The van der Waals surface area contributed by atoms with E-state index in [1.54, 1.807) is 22.3 Å². The van der Waals surface area contributed by atoms with Gasteiger partial charge in [0, 0.05) is 17.3 Å². The normalized spacial score (nSPS) is 20.2. The monoisotopic (exact) mass is 349 g/mol. The SMILES string of the molecule is CC(C(=O)N1CCOC(c2nc(C(C)(C)C)cs2)C1)n1cncn1. The average Bonchev–Trinajstić information content (AvgIpc) is 3.24. The molecule has 24 heavy (non-hydrogen) atoms. The van der Waals surface area contributed by atoms with Crippen LogP contribution in [0.5, 0.6) is 0 Å². The van der Waals surface area contributed by atoms with Crippen molar-refractivity contribution in [1.29, 1.82) is 0 Å². The molecule has 1 aliphatic rings. The summed E-state index contributed by atoms with van der Waals surface area (Å²) in [6.07, 6.45) is 2.85. The van der Waals surface area contributed by atoms with E-state index >= 15 is 0 Å². The van der Waals surface area contributed by atoms with Crippen LogP contribution in [0.25, 0.3) is 0 Å². The molecule has 0 saturated carbocycles. The average molecular weight is 349 g/mol. The van der Waals surface area contributed by atoms with Crippen molar-refractivity contribution in [3.05, 3.63) is 28.7 Å². The minimum absolute atomic E-state index is 0.0144. The summed E-state index contributed by atoms with van der Waals surface area (Å²) >= 11 is 1.60. The Balaban J connectivity index is 1.70. The van der Waals surface area contributed by atoms with E-state index in [0.29, 0.717) is 19.7 Å². The third-order valence-corrected chi connectivity index (χ3v) is 5.07. The molecule has 130 valence electrons. The van der Waals surface area contributed by atoms with Gasteiger partial charge >= 0.3 is 0 Å². The summed E-state index contributed by atoms with van der Waals surface area (Å²) in [5.74, 6) is 0.0291. The minimum Gasteiger partial charge on any atom is -0.367 e. The molecule has 0 aliphatic carbocycles. The molecule has 2 atom stereocenters. The van der Waals surface area contributed by atoms with Crippen molar-refractivity contribution in [3.63, 3.8) is 0 Å². The van der Waals surface area contributed by atoms with Crippen LogP contribution < -0.4 is 0 Å². The summed E-state index contributed by atoms with van der Waals surface area (Å²) in [7, 11) is 0. The van der Waals surface area contributed by atoms with Gasteiger partial charge in [0.1, 0.15) is 29.8 Å². The first-order valence-electron chi connectivity index (χ1n) is 8.06. The van der Waals surface area contributed by atoms with Crippen molar-refractivity contribution in [2.24, 2.45) is 0 Å². The van der Waals surface area contributed by atoms with Crippen LogP contribution >= 0.6 is 11.3 Å². The number of carbonyl (C=O) groups is 1. The van der Waals surface area contributed by atoms with Crippen LogP contribution in [-0.2, 0) is 14.9 Å². The fourth-order valence-electron chi connectivity index (χ4n) is 2.57. The van der Waals surface area contributed by atoms with Crippen molar-refractivity contribution in [2.45, 2.75) is 45.3 Å². The Bertz CT molecular complexity index is 692. The predicted molar refractivity (Wildman–Crippen MR) is 90.8 cm³/mol. The van der Waals surface area contributed by atoms with Crippen LogP contribution in [0.15, 0.2) is 18.0 Å². The topological polar surface area (TPSA) is 73.1 Å². The Kier molecular flexibility index (Phi) is 4.69. The molecular weight excluding hydrogens is 326 g/mol. The van der Waals surface area contributed by atoms with E-state index in [0.717, 1.165) is 10.7 Å². The fourth-order valence-corrected chi connectivity index (χ4v) is 3.66. The number of thiazole rings is 1. The number of rotatable bonds is 3. The highest BCUT2D eigenvalue weighted by Gasteiger charge is 2.31. The number of hydrogen-bond acceptors (Lipinski definition) is 6. The molecule has 1 fully saturated rings. The van der Waals surface area contributed by atoms with Gasteiger partial charge in [-0.15, -0.1) is 11.3 Å². The van der Waals surface area contributed by atoms with Gasteiger partial charge in [0.05, 0.1) is 18.8 Å². The Morgan fingerprint density at radius 2 is 2.25 bits per heavy atom. The molecule has 3 heterocycles. The lowest BCUT2D eigenvalue weighted by Crippen LogP contribution is -2.45. The number of morpholine rings is 1. The van der Waals surface area contributed by atoms with Crippen molar-refractivity contribution >= 4 is 17.2 Å². The first-order valence-corrected chi connectivity index (χ1v) is 8.94. The molecule has 3 rings (SSSR count). The first kappa shape index (κ1) is 17.0. The molecule has 1 amide bonds. The predicted octanol–water partition coefficient (Wildman–Crippen LogP) is 2.19. The molecule has 0 bridgehead atoms. The highest BCUT2D eigenvalue weighted by molar-refractivity contribution is 7.09. The van der Waals surface area contributed by atoms with Crippen molar-refractivity contribution in [1.82, 2.24) is 24.6 Å². The lowest BCUT2D eigenvalue weighted by Gasteiger charge is -2.33. The molecular formula is C16H23N5O2S. The maximum absolute atomic E-state index is 12.7. The number of nitrogens with zero attached hydrogens (tertiary/aromatic N) is 5. The smallest absolute Gasteiger partial charge is 0.247 e. The summed E-state index contributed by atoms with van der Waals surface area (Å²) in [5, 5.41) is 7.07. The van der Waals surface area contributed by atoms with Crippen LogP contribution in [0.2, 0.25) is 0 Å². The standard InChI is InChI=1S/C16H23N5O2S/c1-11(21-10-17-9-18-21)15(22)20-5-6-23-12(7-20)14-19-13(8-24-14)16(2,3)4/h8-12H,5-7H2,1-4H3. The van der Waals surface area contributed by atoms with Gasteiger partial charge in [-0.2, -0.15) is 5.10 Å². The molecule has 0 aromatic carbocycles. The molecule has 0 N–H and O–H groups in total. The fraction of sp³-hybridized carbons (Fsp3) is 0.625. The zero-order valence-corrected chi connectivity index (χ0v) is 15.3. The zero-order chi connectivity index (χ0) is 17.3. The van der Waals surface area contributed by atoms with Crippen LogP contribution in [0.1, 0.15) is 50.5 Å². The Morgan fingerprint density at radius 3 is 2.88 bits per heavy atom. The molecule has 2 unspecified atom stereocenters. The second-order valence-corrected chi connectivity index (χ2v) is 7.91. The minimum atomic E-state index is -0.368. The lowest BCUT2D eigenvalue weighted by molar-refractivity contribution is -0.142. The summed E-state index contributed by atoms with van der Waals surface area (Å²) < 4.78 is 7.44. The van der Waals surface area contributed by atoms with Crippen molar-refractivity contribution < 1.29 is 9.53 Å². The third-order valence-electron chi connectivity index (χ3n) is 4.13. The van der Waals surface area contributed by atoms with E-state index in [1.807, 2.05) is 11.8 Å². The van der Waals surface area contributed by atoms with Crippen LogP contribution in [0.4, 0.5) is 0 Å². The second kappa shape index (κ2) is 6.60. The molecule has 2 aromatic rings. The van der Waals surface area contributed by atoms with E-state index in [9.17, 15) is 4.79 Å². The summed E-state index contributed by atoms with van der Waals surface area (Å²) in [5.41, 5.74) is 1.08. The van der Waals surface area contributed by atoms with E-state index in [4.69, 9.17) is 9.72 Å². The second-order valence-electron chi connectivity index (χ2n) is 7.02. The molecule has 7 nitrogen and oxygen atoms in total. The largest absolute Gasteiger partial charge is 0.367 e. The van der Waals surface area contributed by atoms with Gasteiger partial charge in [-0.25, -0.2) is 14.6 Å². The highest BCUT2D eigenvalue weighted by atomic mass is 32.1. The van der Waals surface area contributed by atoms with Gasteiger partial charge in [0.15, 0.2) is 0 Å². The Hall–Kier alpha value is -1.80. The summed E-state index contributed by atoms with van der Waals surface area (Å²) in [6, 6.07) is -0.368. The highest BCUT2D eigenvalue weighted by Crippen LogP contribution is 2.30. The maximum atomic E-state index is 12.7. The van der Waals surface area contributed by atoms with Gasteiger partial charge in [0.25, 0.3) is 0 Å². The molecule has 0 radical (unpaired) electrons. The van der Waals surface area contributed by atoms with E-state index < -0.39 is 0 Å². The van der Waals surface area contributed by atoms with Gasteiger partial charge < -0.3 is 9.64 Å². The molecule has 2 aromatic heterocycles. The van der Waals surface area contributed by atoms with Gasteiger partial charge in [-0.1, -0.05) is 20.8 Å². The first-order chi connectivity index (χ1) is 11.4. The third kappa shape index (κ3) is 3.49. The van der Waals surface area contributed by atoms with E-state index in [1.165, 1.54) is 6.33 Å². The maximum Gasteiger partial charge on any atom is 0.247 e. The quantitative estimate of drug-likeness (QED) is 0.849. The number of hydrogen-bond donors (Lipinski definition) is 0. The molecule has 8 heteroatoms. The van der Waals surface area contributed by atoms with Gasteiger partial charge in [-0.3, -0.25) is 4.79 Å². The molecule has 1 saturated heterocycles. The van der Waals surface area contributed by atoms with Crippen LogP contribution in [0.3, 0.4) is 0 Å². The van der Waals surface area contributed by atoms with Gasteiger partial charge in [-0.05, 0) is 6.92 Å². The van der Waals surface area contributed by atoms with Gasteiger partial charge in [0.2, 0.25) is 5.91 Å². The van der Waals surface area contributed by atoms with E-state index in [2.05, 4.69) is 36.2 Å². The Morgan fingerprint density at radius 1 is 1.46 bits per heavy atom. The zero-order valence-electron chi connectivity index (χ0n) is 14.5. The number of amides is 1. The van der Waals surface area contributed by atoms with Crippen molar-refractivity contribution in [2.75, 3.05) is 19.7 Å².